The summed E-state index contributed by atoms with van der Waals surface area (Å²) in [5, 5.41) is 48.9. The quantitative estimate of drug-likeness (QED) is 0.0735. The van der Waals surface area contributed by atoms with Gasteiger partial charge in [0.2, 0.25) is 18.5 Å². The number of fused-ring (bicyclic) bond motifs is 3. The molecule has 0 bridgehead atoms. The smallest absolute Gasteiger partial charge is 0.413 e. The van der Waals surface area contributed by atoms with Crippen LogP contribution in [0.3, 0.4) is 0 Å². The van der Waals surface area contributed by atoms with Crippen LogP contribution in [0.5, 0.6) is 5.75 Å². The number of carbonyl (C=O) groups is 6. The number of ether oxygens (including phenoxy) is 2. The Bertz CT molecular complexity index is 2380. The molecule has 0 aliphatic heterocycles. The van der Waals surface area contributed by atoms with Gasteiger partial charge in [-0.25, -0.2) is 9.59 Å². The van der Waals surface area contributed by atoms with Crippen LogP contribution in [0.15, 0.2) is 83.3 Å². The maximum Gasteiger partial charge on any atom is 0.413 e. The molecule has 4 atom stereocenters. The maximum absolute atomic E-state index is 14.4. The third-order valence-corrected chi connectivity index (χ3v) is 11.4. The lowest BCUT2D eigenvalue weighted by molar-refractivity contribution is -0.148. The van der Waals surface area contributed by atoms with Gasteiger partial charge in [-0.2, -0.15) is 0 Å². The number of carbonyl (C=O) groups excluding carboxylic acids is 6. The van der Waals surface area contributed by atoms with E-state index in [1.54, 1.807) is 78.1 Å². The Morgan fingerprint density at radius 3 is 2.11 bits per heavy atom. The monoisotopic (exact) mass is 839 g/mol. The molecule has 3 amide bonds. The lowest BCUT2D eigenvalue weighted by Gasteiger charge is -2.50. The number of primary amides is 1. The zero-order valence-electron chi connectivity index (χ0n) is 34.8. The van der Waals surface area contributed by atoms with Crippen LogP contribution in [-0.2, 0) is 30.3 Å². The number of esters is 1. The first-order valence-corrected chi connectivity index (χ1v) is 19.4. The Hall–Kier alpha value is -6.72. The number of nitrogens with zero attached hydrogens (tertiary/aromatic N) is 3. The van der Waals surface area contributed by atoms with Crippen molar-refractivity contribution in [3.8, 4) is 16.9 Å². The highest BCUT2D eigenvalue weighted by atomic mass is 16.7. The number of rotatable bonds is 10. The molecule has 7 N–H and O–H groups in total. The number of benzene rings is 3. The first-order chi connectivity index (χ1) is 28.6. The zero-order chi connectivity index (χ0) is 44.9. The second-order valence-electron chi connectivity index (χ2n) is 16.7. The second kappa shape index (κ2) is 16.4. The molecule has 3 aliphatic carbocycles. The van der Waals surface area contributed by atoms with Gasteiger partial charge in [-0.3, -0.25) is 29.0 Å². The molecular formula is C44H49N5O12. The number of amides is 3. The van der Waals surface area contributed by atoms with Gasteiger partial charge in [-0.05, 0) is 88.5 Å². The van der Waals surface area contributed by atoms with Gasteiger partial charge in [0, 0.05) is 36.8 Å². The number of aliphatic hydroxyl groups excluding tert-OH is 2. The maximum atomic E-state index is 14.4. The Labute approximate surface area is 351 Å². The summed E-state index contributed by atoms with van der Waals surface area (Å²) < 4.78 is 10.4. The number of hydrogen-bond donors (Lipinski definition) is 6. The molecule has 3 aromatic rings. The van der Waals surface area contributed by atoms with E-state index in [0.717, 1.165) is 16.0 Å². The molecule has 17 nitrogen and oxygen atoms in total. The number of aromatic hydroxyl groups is 1. The number of allylic oxidation sites excluding steroid dienone is 1. The molecule has 322 valence electrons. The van der Waals surface area contributed by atoms with Crippen LogP contribution in [0.4, 0.5) is 16.2 Å². The Kier molecular flexibility index (Phi) is 11.8. The fourth-order valence-corrected chi connectivity index (χ4v) is 8.43. The molecule has 61 heavy (non-hydrogen) atoms. The van der Waals surface area contributed by atoms with Crippen molar-refractivity contribution < 1.29 is 58.7 Å². The topological polar surface area (TPSA) is 250 Å². The molecule has 0 radical (unpaired) electrons. The Balaban J connectivity index is 1.22. The van der Waals surface area contributed by atoms with E-state index in [9.17, 15) is 49.2 Å². The third-order valence-electron chi connectivity index (χ3n) is 11.4. The van der Waals surface area contributed by atoms with Crippen molar-refractivity contribution in [1.82, 2.24) is 9.80 Å². The van der Waals surface area contributed by atoms with E-state index in [1.165, 1.54) is 11.0 Å². The zero-order valence-corrected chi connectivity index (χ0v) is 34.8. The summed E-state index contributed by atoms with van der Waals surface area (Å²) in [4.78, 5) is 84.3. The highest BCUT2D eigenvalue weighted by Crippen LogP contribution is 2.54. The molecule has 3 aliphatic rings. The van der Waals surface area contributed by atoms with Gasteiger partial charge in [0.15, 0.2) is 17.1 Å². The van der Waals surface area contributed by atoms with Crippen molar-refractivity contribution in [3.63, 3.8) is 0 Å². The molecule has 3 aromatic carbocycles. The van der Waals surface area contributed by atoms with E-state index >= 15 is 0 Å². The number of aliphatic hydroxyl groups is 3. The number of hydrogen-bond acceptors (Lipinski definition) is 14. The molecule has 0 aromatic heterocycles. The molecule has 0 spiro atoms. The number of nitrogens with one attached hydrogen (secondary N) is 1. The highest BCUT2D eigenvalue weighted by molar-refractivity contribution is 6.25. The van der Waals surface area contributed by atoms with Gasteiger partial charge in [0.25, 0.3) is 5.91 Å². The Morgan fingerprint density at radius 1 is 0.918 bits per heavy atom. The van der Waals surface area contributed by atoms with Crippen LogP contribution >= 0.6 is 0 Å². The normalized spacial score (nSPS) is 21.0. The number of likely N-dealkylation sites (N-methyl/N-ethyl adjacent to an activating group) is 1. The lowest BCUT2D eigenvalue weighted by Crippen LogP contribution is -2.63. The summed E-state index contributed by atoms with van der Waals surface area (Å²) in [6, 6.07) is 16.5. The first-order valence-electron chi connectivity index (χ1n) is 19.4. The van der Waals surface area contributed by atoms with Crippen LogP contribution in [-0.4, -0.2) is 124 Å². The summed E-state index contributed by atoms with van der Waals surface area (Å²) in [5.41, 5.74) is 2.60. The number of Topliss-reactive ketones (excluding diaryl/α,β-unsaturated/α-hetero) is 2. The van der Waals surface area contributed by atoms with Crippen molar-refractivity contribution >= 4 is 46.8 Å². The minimum atomic E-state index is -2.83. The molecule has 0 saturated carbocycles. The average molecular weight is 840 g/mol. The summed E-state index contributed by atoms with van der Waals surface area (Å²) >= 11 is 0. The lowest BCUT2D eigenvalue weighted by atomic mass is 9.58. The van der Waals surface area contributed by atoms with E-state index in [-0.39, 0.29) is 35.2 Å². The van der Waals surface area contributed by atoms with Gasteiger partial charge in [-0.1, -0.05) is 42.5 Å². The summed E-state index contributed by atoms with van der Waals surface area (Å²) in [6.07, 6.45) is -1.07. The largest absolute Gasteiger partial charge is 0.510 e. The number of phenols is 1. The van der Waals surface area contributed by atoms with Crippen molar-refractivity contribution in [2.45, 2.75) is 50.8 Å². The minimum Gasteiger partial charge on any atom is -0.510 e. The van der Waals surface area contributed by atoms with Gasteiger partial charge in [0.1, 0.15) is 23.6 Å². The van der Waals surface area contributed by atoms with Crippen LogP contribution in [0.25, 0.3) is 11.1 Å². The van der Waals surface area contributed by atoms with Crippen LogP contribution < -0.4 is 16.0 Å². The van der Waals surface area contributed by atoms with Gasteiger partial charge >= 0.3 is 12.1 Å². The van der Waals surface area contributed by atoms with Crippen molar-refractivity contribution in [1.29, 1.82) is 0 Å². The number of phenolic OH excluding ortho intramolecular Hbond substituents is 1. The van der Waals surface area contributed by atoms with Crippen LogP contribution in [0.2, 0.25) is 0 Å². The molecule has 17 heteroatoms. The van der Waals surface area contributed by atoms with Crippen LogP contribution in [0, 0.1) is 11.8 Å². The fraction of sp³-hybridized carbons (Fsp3) is 0.364. The van der Waals surface area contributed by atoms with E-state index < -0.39 is 101 Å². The Morgan fingerprint density at radius 2 is 1.54 bits per heavy atom. The molecule has 0 fully saturated rings. The van der Waals surface area contributed by atoms with Crippen molar-refractivity contribution in [2.24, 2.45) is 17.6 Å². The summed E-state index contributed by atoms with van der Waals surface area (Å²) in [6.45, 7) is 3.55. The molecule has 0 unspecified atom stereocenters. The van der Waals surface area contributed by atoms with Crippen molar-refractivity contribution in [2.75, 3.05) is 51.7 Å². The first kappa shape index (κ1) is 43.8. The van der Waals surface area contributed by atoms with Gasteiger partial charge in [0.05, 0.1) is 22.9 Å². The third kappa shape index (κ3) is 7.89. The number of ketones is 2. The molecule has 0 saturated heterocycles. The standard InChI is InChI=1S/C44H49N5O12/c1-43(2,3)49(42(58)61-21-60-41(57)24-15-13-23(14-16-24)22-11-9-8-10-12-22)20-30(50)46-28-19-29(47(4)5)26-17-25-18-27-34(48(6)7)37(53)33(40(45)56)39(55)44(27,59)38(54)31(25)36(52)32(26)35(28)51/h8-16,19,25,27,34,51,53-54,59H,17-18,20-21H2,1-7H3,(H2,45,56)(H,46,50)/t25-,27-,34-,44-/m0/s1. The van der Waals surface area contributed by atoms with E-state index in [0.29, 0.717) is 11.3 Å². The highest BCUT2D eigenvalue weighted by Gasteiger charge is 2.63. The average Bonchev–Trinajstić information content (AvgIpc) is 3.18. The van der Waals surface area contributed by atoms with E-state index in [1.807, 2.05) is 30.3 Å². The predicted octanol–water partition coefficient (Wildman–Crippen LogP) is 3.84. The van der Waals surface area contributed by atoms with Crippen molar-refractivity contribution in [3.05, 3.63) is 100 Å². The number of anilines is 2. The van der Waals surface area contributed by atoms with Crippen LogP contribution in [0.1, 0.15) is 53.5 Å². The predicted molar refractivity (Wildman–Crippen MR) is 222 cm³/mol. The molecule has 6 rings (SSSR count). The minimum absolute atomic E-state index is 0.0249. The van der Waals surface area contributed by atoms with E-state index in [2.05, 4.69) is 5.32 Å². The van der Waals surface area contributed by atoms with Gasteiger partial charge < -0.3 is 45.9 Å². The fourth-order valence-electron chi connectivity index (χ4n) is 8.43. The SMILES string of the molecule is CN(C)c1cc(NC(=O)CN(C(=O)OCOC(=O)c2ccc(-c3ccccc3)cc2)C(C)(C)C)c(O)c2c1C[C@H]1C[C@H]3[C@H](N(C)C)C(O)=C(C(N)=O)C(=O)[C@@]3(O)C(O)=C1C2=O. The van der Waals surface area contributed by atoms with Gasteiger partial charge in [-0.15, -0.1) is 0 Å². The molecular weight excluding hydrogens is 791 g/mol. The van der Waals surface area contributed by atoms with E-state index in [4.69, 9.17) is 15.2 Å². The summed E-state index contributed by atoms with van der Waals surface area (Å²) in [7, 11) is 6.43. The summed E-state index contributed by atoms with van der Waals surface area (Å²) in [5.74, 6) is -9.59. The number of nitrogens with two attached hydrogens (primary N) is 1. The second-order valence-corrected chi connectivity index (χ2v) is 16.7. The molecule has 0 heterocycles.